The third kappa shape index (κ3) is 4.79. The zero-order chi connectivity index (χ0) is 23.5. The predicted molar refractivity (Wildman–Crippen MR) is 130 cm³/mol. The number of H-pyrrole nitrogens is 1. The molecule has 8 nitrogen and oxygen atoms in total. The van der Waals surface area contributed by atoms with Crippen LogP contribution in [0.2, 0.25) is 0 Å². The monoisotopic (exact) mass is 458 g/mol. The molecule has 1 fully saturated rings. The van der Waals surface area contributed by atoms with E-state index in [0.29, 0.717) is 29.1 Å². The Labute approximate surface area is 196 Å². The number of aliphatic hydroxyl groups excluding tert-OH is 2. The number of nitrogens with one attached hydrogen (secondary N) is 3. The Morgan fingerprint density at radius 1 is 1.03 bits per heavy atom. The summed E-state index contributed by atoms with van der Waals surface area (Å²) in [6.45, 7) is -0.253. The van der Waals surface area contributed by atoms with Gasteiger partial charge in [-0.15, -0.1) is 0 Å². The second-order valence-corrected chi connectivity index (χ2v) is 8.41. The largest absolute Gasteiger partial charge is 0.394 e. The standard InChI is InChI=1S/C26H26N4O4/c31-15-23-21(32)14-22(34-23)25-28-19-10-5-11-20(24(19)30-25)29-26(33)27-18-9-4-8-17(13-18)12-16-6-2-1-3-7-16/h1-11,13,21-23,31-32H,12,14-15H2,(H,28,30)(H2,27,29,33)/t21-,22+,23+/m0/s1. The second kappa shape index (κ2) is 9.64. The van der Waals surface area contributed by atoms with Crippen molar-refractivity contribution in [1.29, 1.82) is 0 Å². The van der Waals surface area contributed by atoms with E-state index in [1.165, 1.54) is 5.56 Å². The first kappa shape index (κ1) is 22.1. The minimum Gasteiger partial charge on any atom is -0.394 e. The van der Waals surface area contributed by atoms with Crippen LogP contribution < -0.4 is 10.6 Å². The summed E-state index contributed by atoms with van der Waals surface area (Å²) >= 11 is 0. The van der Waals surface area contributed by atoms with Crippen LogP contribution in [0.5, 0.6) is 0 Å². The first-order chi connectivity index (χ1) is 16.6. The Morgan fingerprint density at radius 3 is 2.62 bits per heavy atom. The number of benzene rings is 3. The molecule has 0 saturated carbocycles. The molecule has 34 heavy (non-hydrogen) atoms. The van der Waals surface area contributed by atoms with Crippen molar-refractivity contribution in [1.82, 2.24) is 9.97 Å². The summed E-state index contributed by atoms with van der Waals surface area (Å²) in [4.78, 5) is 20.5. The quantitative estimate of drug-likeness (QED) is 0.299. The lowest BCUT2D eigenvalue weighted by molar-refractivity contribution is -0.0244. The number of hydrogen-bond acceptors (Lipinski definition) is 5. The zero-order valence-corrected chi connectivity index (χ0v) is 18.4. The van der Waals surface area contributed by atoms with Gasteiger partial charge in [0.05, 0.1) is 23.9 Å². The molecule has 3 atom stereocenters. The molecule has 5 rings (SSSR count). The summed E-state index contributed by atoms with van der Waals surface area (Å²) in [5.74, 6) is 0.549. The van der Waals surface area contributed by atoms with E-state index in [1.807, 2.05) is 54.6 Å². The summed E-state index contributed by atoms with van der Waals surface area (Å²) in [7, 11) is 0. The molecule has 1 aliphatic rings. The average molecular weight is 459 g/mol. The highest BCUT2D eigenvalue weighted by Gasteiger charge is 2.36. The van der Waals surface area contributed by atoms with Gasteiger partial charge < -0.3 is 30.6 Å². The van der Waals surface area contributed by atoms with E-state index in [4.69, 9.17) is 4.74 Å². The predicted octanol–water partition coefficient (Wildman–Crippen LogP) is 3.98. The maximum absolute atomic E-state index is 12.7. The molecule has 5 N–H and O–H groups in total. The van der Waals surface area contributed by atoms with Crippen molar-refractivity contribution in [2.45, 2.75) is 31.2 Å². The van der Waals surface area contributed by atoms with Crippen LogP contribution in [0, 0.1) is 0 Å². The molecule has 8 heteroatoms. The molecule has 0 radical (unpaired) electrons. The van der Waals surface area contributed by atoms with Crippen molar-refractivity contribution < 1.29 is 19.7 Å². The number of anilines is 2. The van der Waals surface area contributed by atoms with Crippen molar-refractivity contribution in [2.24, 2.45) is 0 Å². The molecular formula is C26H26N4O4. The van der Waals surface area contributed by atoms with E-state index < -0.39 is 18.3 Å². The summed E-state index contributed by atoms with van der Waals surface area (Å²) < 4.78 is 5.70. The topological polar surface area (TPSA) is 120 Å². The molecule has 3 aromatic carbocycles. The Morgan fingerprint density at radius 2 is 1.82 bits per heavy atom. The van der Waals surface area contributed by atoms with Crippen molar-refractivity contribution in [2.75, 3.05) is 17.2 Å². The Hall–Kier alpha value is -3.72. The summed E-state index contributed by atoms with van der Waals surface area (Å²) in [5, 5.41) is 25.1. The molecule has 174 valence electrons. The molecule has 2 amide bonds. The average Bonchev–Trinajstić information content (AvgIpc) is 3.44. The number of fused-ring (bicyclic) bond motifs is 1. The van der Waals surface area contributed by atoms with E-state index in [9.17, 15) is 15.0 Å². The van der Waals surface area contributed by atoms with Gasteiger partial charge in [0.1, 0.15) is 23.5 Å². The Bertz CT molecular complexity index is 1290. The van der Waals surface area contributed by atoms with Gasteiger partial charge in [0.15, 0.2) is 0 Å². The number of carbonyl (C=O) groups is 1. The van der Waals surface area contributed by atoms with Gasteiger partial charge in [0.2, 0.25) is 0 Å². The fourth-order valence-electron chi connectivity index (χ4n) is 4.25. The van der Waals surface area contributed by atoms with Crippen molar-refractivity contribution in [3.05, 3.63) is 89.7 Å². The summed E-state index contributed by atoms with van der Waals surface area (Å²) in [6.07, 6.45) is -0.701. The molecule has 1 aliphatic heterocycles. The van der Waals surface area contributed by atoms with E-state index in [-0.39, 0.29) is 12.6 Å². The van der Waals surface area contributed by atoms with Gasteiger partial charge in [-0.3, -0.25) is 0 Å². The van der Waals surface area contributed by atoms with Gasteiger partial charge >= 0.3 is 6.03 Å². The fraction of sp³-hybridized carbons (Fsp3) is 0.231. The van der Waals surface area contributed by atoms with Crippen molar-refractivity contribution in [3.63, 3.8) is 0 Å². The van der Waals surface area contributed by atoms with E-state index in [0.717, 1.165) is 17.5 Å². The lowest BCUT2D eigenvalue weighted by atomic mass is 10.0. The number of urea groups is 1. The number of hydrogen-bond donors (Lipinski definition) is 5. The highest BCUT2D eigenvalue weighted by Crippen LogP contribution is 2.33. The highest BCUT2D eigenvalue weighted by atomic mass is 16.5. The van der Waals surface area contributed by atoms with E-state index in [1.54, 1.807) is 6.07 Å². The van der Waals surface area contributed by atoms with Crippen molar-refractivity contribution in [3.8, 4) is 0 Å². The number of para-hydroxylation sites is 1. The van der Waals surface area contributed by atoms with Crippen molar-refractivity contribution >= 4 is 28.4 Å². The molecule has 0 bridgehead atoms. The maximum Gasteiger partial charge on any atom is 0.323 e. The number of aliphatic hydroxyl groups is 2. The molecule has 1 aromatic heterocycles. The Balaban J connectivity index is 1.29. The van der Waals surface area contributed by atoms with Crippen LogP contribution in [-0.4, -0.2) is 45.0 Å². The van der Waals surface area contributed by atoms with Crippen LogP contribution >= 0.6 is 0 Å². The number of ether oxygens (including phenoxy) is 1. The molecule has 0 aliphatic carbocycles. The number of carbonyl (C=O) groups excluding carboxylic acids is 1. The number of amides is 2. The number of aromatic nitrogens is 2. The minimum atomic E-state index is -0.746. The van der Waals surface area contributed by atoms with E-state index in [2.05, 4.69) is 32.7 Å². The number of aromatic amines is 1. The zero-order valence-electron chi connectivity index (χ0n) is 18.4. The van der Waals surface area contributed by atoms with Crippen LogP contribution in [-0.2, 0) is 11.2 Å². The Kier molecular flexibility index (Phi) is 6.27. The smallest absolute Gasteiger partial charge is 0.323 e. The fourth-order valence-corrected chi connectivity index (χ4v) is 4.25. The first-order valence-corrected chi connectivity index (χ1v) is 11.2. The lowest BCUT2D eigenvalue weighted by Crippen LogP contribution is -2.24. The molecule has 0 spiro atoms. The van der Waals surface area contributed by atoms with Crippen LogP contribution in [0.15, 0.2) is 72.8 Å². The van der Waals surface area contributed by atoms with Gasteiger partial charge in [0.25, 0.3) is 0 Å². The van der Waals surface area contributed by atoms with Crippen LogP contribution in [0.4, 0.5) is 16.2 Å². The third-order valence-electron chi connectivity index (χ3n) is 5.92. The number of nitrogens with zero attached hydrogens (tertiary/aromatic N) is 1. The molecule has 4 aromatic rings. The van der Waals surface area contributed by atoms with Crippen LogP contribution in [0.1, 0.15) is 29.5 Å². The first-order valence-electron chi connectivity index (χ1n) is 11.2. The highest BCUT2D eigenvalue weighted by molar-refractivity contribution is 6.04. The van der Waals surface area contributed by atoms with Crippen LogP contribution in [0.25, 0.3) is 11.0 Å². The molecule has 1 saturated heterocycles. The van der Waals surface area contributed by atoms with Gasteiger partial charge in [-0.05, 0) is 41.8 Å². The molecule has 0 unspecified atom stereocenters. The summed E-state index contributed by atoms with van der Waals surface area (Å²) in [5.41, 5.74) is 4.88. The maximum atomic E-state index is 12.7. The third-order valence-corrected chi connectivity index (χ3v) is 5.92. The van der Waals surface area contributed by atoms with Gasteiger partial charge in [-0.25, -0.2) is 9.78 Å². The number of imidazole rings is 1. The normalized spacial score (nSPS) is 19.9. The van der Waals surface area contributed by atoms with Crippen LogP contribution in [0.3, 0.4) is 0 Å². The summed E-state index contributed by atoms with van der Waals surface area (Å²) in [6, 6.07) is 23.0. The van der Waals surface area contributed by atoms with E-state index >= 15 is 0 Å². The number of rotatable bonds is 6. The molecular weight excluding hydrogens is 432 g/mol. The van der Waals surface area contributed by atoms with Gasteiger partial charge in [0, 0.05) is 12.1 Å². The van der Waals surface area contributed by atoms with Gasteiger partial charge in [-0.1, -0.05) is 48.5 Å². The van der Waals surface area contributed by atoms with Gasteiger partial charge in [-0.2, -0.15) is 0 Å². The minimum absolute atomic E-state index is 0.253. The second-order valence-electron chi connectivity index (χ2n) is 8.41. The SMILES string of the molecule is O=C(Nc1cccc(Cc2ccccc2)c1)Nc1cccc2[nH]c([C@H]3C[C@H](O)[C@@H](CO)O3)nc12. The lowest BCUT2D eigenvalue weighted by Gasteiger charge is -2.10. The molecule has 2 heterocycles.